The van der Waals surface area contributed by atoms with Gasteiger partial charge in [-0.05, 0) is 18.8 Å². The second kappa shape index (κ2) is 30.7. The fourth-order valence-electron chi connectivity index (χ4n) is 7.68. The Morgan fingerprint density at radius 3 is 1.15 bits per heavy atom. The minimum Gasteiger partial charge on any atom is -0.394 e. The van der Waals surface area contributed by atoms with Gasteiger partial charge in [0, 0.05) is 0 Å². The van der Waals surface area contributed by atoms with E-state index in [-0.39, 0.29) is 12.5 Å². The molecule has 0 unspecified atom stereocenters. The highest BCUT2D eigenvalue weighted by Gasteiger charge is 2.47. The molecule has 2 saturated heterocycles. The highest BCUT2D eigenvalue weighted by molar-refractivity contribution is 4.91. The van der Waals surface area contributed by atoms with Crippen LogP contribution in [0.15, 0.2) is 0 Å². The Morgan fingerprint density at radius 2 is 0.755 bits per heavy atom. The Labute approximate surface area is 322 Å². The summed E-state index contributed by atoms with van der Waals surface area (Å²) in [5.74, 6) is 0.282. The van der Waals surface area contributed by atoms with E-state index in [0.29, 0.717) is 6.61 Å². The summed E-state index contributed by atoms with van der Waals surface area (Å²) in [6, 6.07) is 0. The van der Waals surface area contributed by atoms with E-state index in [1.165, 1.54) is 141 Å². The lowest BCUT2D eigenvalue weighted by atomic mass is 9.94. The van der Waals surface area contributed by atoms with Crippen LogP contribution in [0.1, 0.15) is 181 Å². The topological polar surface area (TPSA) is 179 Å². The first-order valence-corrected chi connectivity index (χ1v) is 22.0. The Bertz CT molecular complexity index is 807. The quantitative estimate of drug-likeness (QED) is 0.0367. The summed E-state index contributed by atoms with van der Waals surface area (Å²) >= 11 is 0. The van der Waals surface area contributed by atoms with E-state index in [4.69, 9.17) is 18.9 Å². The Hall–Kier alpha value is -0.440. The molecule has 0 bridgehead atoms. The van der Waals surface area contributed by atoms with Gasteiger partial charge >= 0.3 is 0 Å². The number of aliphatic hydroxyl groups is 7. The Balaban J connectivity index is 1.80. The molecule has 316 valence electrons. The third-order valence-electron chi connectivity index (χ3n) is 11.4. The minimum absolute atomic E-state index is 0.282. The minimum atomic E-state index is -1.61. The largest absolute Gasteiger partial charge is 0.394 e. The van der Waals surface area contributed by atoms with Gasteiger partial charge in [-0.3, -0.25) is 0 Å². The number of unbranched alkanes of at least 4 members (excludes halogenated alkanes) is 22. The van der Waals surface area contributed by atoms with Gasteiger partial charge in [-0.15, -0.1) is 0 Å². The fraction of sp³-hybridized carbons (Fsp3) is 1.00. The monoisotopic (exact) mass is 763 g/mol. The van der Waals surface area contributed by atoms with E-state index in [9.17, 15) is 35.7 Å². The predicted molar refractivity (Wildman–Crippen MR) is 207 cm³/mol. The molecule has 2 heterocycles. The van der Waals surface area contributed by atoms with Crippen molar-refractivity contribution in [3.05, 3.63) is 0 Å². The van der Waals surface area contributed by atoms with E-state index >= 15 is 0 Å². The number of rotatable bonds is 33. The zero-order valence-electron chi connectivity index (χ0n) is 33.6. The molecule has 0 aromatic carbocycles. The first-order valence-electron chi connectivity index (χ1n) is 22.0. The lowest BCUT2D eigenvalue weighted by Crippen LogP contribution is -2.61. The van der Waals surface area contributed by atoms with Gasteiger partial charge in [0.15, 0.2) is 12.6 Å². The van der Waals surface area contributed by atoms with Crippen LogP contribution >= 0.6 is 0 Å². The second-order valence-corrected chi connectivity index (χ2v) is 16.1. The predicted octanol–water partition coefficient (Wildman–Crippen LogP) is 6.43. The fourth-order valence-corrected chi connectivity index (χ4v) is 7.68. The highest BCUT2D eigenvalue weighted by atomic mass is 16.7. The van der Waals surface area contributed by atoms with E-state index < -0.39 is 68.0 Å². The first-order chi connectivity index (χ1) is 25.7. The molecule has 0 aromatic heterocycles. The van der Waals surface area contributed by atoms with Gasteiger partial charge in [-0.25, -0.2) is 0 Å². The van der Waals surface area contributed by atoms with Gasteiger partial charge in [0.2, 0.25) is 0 Å². The molecule has 2 aliphatic rings. The van der Waals surface area contributed by atoms with E-state index in [2.05, 4.69) is 13.8 Å². The van der Waals surface area contributed by atoms with Gasteiger partial charge < -0.3 is 54.7 Å². The van der Waals surface area contributed by atoms with Gasteiger partial charge in [0.25, 0.3) is 0 Å². The number of ether oxygens (including phenoxy) is 4. The summed E-state index contributed by atoms with van der Waals surface area (Å²) in [6.07, 6.45) is 19.0. The van der Waals surface area contributed by atoms with Crippen molar-refractivity contribution < 1.29 is 54.7 Å². The normalized spacial score (nSPS) is 29.3. The molecule has 0 radical (unpaired) electrons. The zero-order chi connectivity index (χ0) is 38.7. The van der Waals surface area contributed by atoms with E-state index in [1.54, 1.807) is 0 Å². The molecule has 11 nitrogen and oxygen atoms in total. The lowest BCUT2D eigenvalue weighted by molar-refractivity contribution is -0.332. The van der Waals surface area contributed by atoms with Crippen LogP contribution in [0, 0.1) is 5.92 Å². The van der Waals surface area contributed by atoms with Crippen LogP contribution in [0.25, 0.3) is 0 Å². The van der Waals surface area contributed by atoms with Crippen LogP contribution in [0.4, 0.5) is 0 Å². The summed E-state index contributed by atoms with van der Waals surface area (Å²) < 4.78 is 23.0. The maximum atomic E-state index is 10.8. The van der Waals surface area contributed by atoms with Crippen LogP contribution < -0.4 is 0 Å². The van der Waals surface area contributed by atoms with Gasteiger partial charge in [0.1, 0.15) is 48.8 Å². The van der Waals surface area contributed by atoms with Crippen LogP contribution in [0.2, 0.25) is 0 Å². The average molecular weight is 763 g/mol. The molecule has 0 aromatic rings. The molecule has 0 aliphatic carbocycles. The van der Waals surface area contributed by atoms with E-state index in [1.807, 2.05) is 0 Å². The van der Waals surface area contributed by atoms with Gasteiger partial charge in [-0.1, -0.05) is 168 Å². The molecule has 0 spiro atoms. The molecule has 53 heavy (non-hydrogen) atoms. The van der Waals surface area contributed by atoms with Crippen LogP contribution in [-0.2, 0) is 18.9 Å². The maximum absolute atomic E-state index is 10.8. The third kappa shape index (κ3) is 20.0. The van der Waals surface area contributed by atoms with Crippen LogP contribution in [-0.4, -0.2) is 117 Å². The standard InChI is InChI=1S/C42H82O11/c1-3-5-7-9-11-13-15-17-19-21-23-25-27-32(28-26-24-22-20-18-16-14-12-10-8-6-4-2)30-50-41-40(49)38(47)36(45)34(53-41)31-51-42-39(48)37(46)35(44)33(29-43)52-42/h32-49H,3-31H2,1-2H3/t33-,34-,35+,36+,37+,38+,39-,40-,41-,42-/m1/s1. The van der Waals surface area contributed by atoms with Gasteiger partial charge in [0.05, 0.1) is 19.8 Å². The van der Waals surface area contributed by atoms with Crippen molar-refractivity contribution >= 4 is 0 Å². The van der Waals surface area contributed by atoms with Crippen molar-refractivity contribution in [3.8, 4) is 0 Å². The molecule has 7 N–H and O–H groups in total. The Kier molecular flexibility index (Phi) is 28.2. The number of aliphatic hydroxyl groups excluding tert-OH is 7. The van der Waals surface area contributed by atoms with Gasteiger partial charge in [-0.2, -0.15) is 0 Å². The summed E-state index contributed by atoms with van der Waals surface area (Å²) in [4.78, 5) is 0. The third-order valence-corrected chi connectivity index (χ3v) is 11.4. The second-order valence-electron chi connectivity index (χ2n) is 16.1. The summed E-state index contributed by atoms with van der Waals surface area (Å²) in [5, 5.41) is 72.0. The van der Waals surface area contributed by atoms with Crippen molar-refractivity contribution in [2.24, 2.45) is 5.92 Å². The molecule has 11 heteroatoms. The molecule has 0 amide bonds. The summed E-state index contributed by atoms with van der Waals surface area (Å²) in [6.45, 7) is 3.91. The molecular weight excluding hydrogens is 680 g/mol. The number of hydrogen-bond donors (Lipinski definition) is 7. The summed E-state index contributed by atoms with van der Waals surface area (Å²) in [7, 11) is 0. The molecule has 10 atom stereocenters. The smallest absolute Gasteiger partial charge is 0.186 e. The molecular formula is C42H82O11. The maximum Gasteiger partial charge on any atom is 0.186 e. The molecule has 0 saturated carbocycles. The van der Waals surface area contributed by atoms with Crippen LogP contribution in [0.3, 0.4) is 0 Å². The molecule has 2 rings (SSSR count). The van der Waals surface area contributed by atoms with Crippen molar-refractivity contribution in [1.82, 2.24) is 0 Å². The van der Waals surface area contributed by atoms with Crippen molar-refractivity contribution in [1.29, 1.82) is 0 Å². The van der Waals surface area contributed by atoms with Crippen molar-refractivity contribution in [3.63, 3.8) is 0 Å². The van der Waals surface area contributed by atoms with Crippen molar-refractivity contribution in [2.75, 3.05) is 19.8 Å². The molecule has 2 fully saturated rings. The van der Waals surface area contributed by atoms with Crippen LogP contribution in [0.5, 0.6) is 0 Å². The summed E-state index contributed by atoms with van der Waals surface area (Å²) in [5.41, 5.74) is 0. The van der Waals surface area contributed by atoms with E-state index in [0.717, 1.165) is 25.7 Å². The first kappa shape index (κ1) is 48.7. The molecule has 2 aliphatic heterocycles. The lowest BCUT2D eigenvalue weighted by Gasteiger charge is -2.42. The zero-order valence-corrected chi connectivity index (χ0v) is 33.6. The Morgan fingerprint density at radius 1 is 0.415 bits per heavy atom. The average Bonchev–Trinajstić information content (AvgIpc) is 3.16. The SMILES string of the molecule is CCCCCCCCCCCCCCC(CCCCCCCCCCCCCC)CO[C@@H]1O[C@H](CO[C@@H]2O[C@H](CO)[C@H](O)[C@H](O)[C@H]2O)[C@H](O)[C@H](O)[C@H]1O. The highest BCUT2D eigenvalue weighted by Crippen LogP contribution is 2.28. The van der Waals surface area contributed by atoms with Crippen molar-refractivity contribution in [2.45, 2.75) is 242 Å². The number of hydrogen-bond acceptors (Lipinski definition) is 11.